The van der Waals surface area contributed by atoms with Gasteiger partial charge in [-0.25, -0.2) is 9.38 Å². The quantitative estimate of drug-likeness (QED) is 0.512. The molecular formula is C17H12FN3O3S. The highest BCUT2D eigenvalue weighted by atomic mass is 32.2. The second-order valence-corrected chi connectivity index (χ2v) is 6.26. The first-order chi connectivity index (χ1) is 11.9. The number of non-ortho nitro benzene ring substituents is 1. The van der Waals surface area contributed by atoms with Gasteiger partial charge < -0.3 is 5.32 Å². The van der Waals surface area contributed by atoms with Crippen LogP contribution in [0.3, 0.4) is 0 Å². The number of nitrogens with one attached hydrogen (secondary N) is 1. The summed E-state index contributed by atoms with van der Waals surface area (Å²) in [5, 5.41) is 13.7. The third kappa shape index (κ3) is 3.74. The van der Waals surface area contributed by atoms with Gasteiger partial charge in [-0.05, 0) is 42.5 Å². The first-order valence-corrected chi connectivity index (χ1v) is 8.05. The summed E-state index contributed by atoms with van der Waals surface area (Å²) in [6.07, 6.45) is 1.46. The molecule has 8 heteroatoms. The molecule has 0 radical (unpaired) electrons. The summed E-state index contributed by atoms with van der Waals surface area (Å²) in [7, 11) is 0. The zero-order chi connectivity index (χ0) is 18.0. The molecule has 0 unspecified atom stereocenters. The number of halogens is 1. The topological polar surface area (TPSA) is 84.6 Å². The summed E-state index contributed by atoms with van der Waals surface area (Å²) in [4.78, 5) is 26.9. The first kappa shape index (κ1) is 16.8. The van der Waals surface area contributed by atoms with Crippen molar-refractivity contribution in [2.75, 3.05) is 0 Å². The van der Waals surface area contributed by atoms with Crippen molar-refractivity contribution in [3.8, 4) is 0 Å². The smallest absolute Gasteiger partial charge is 0.269 e. The molecule has 0 bridgehead atoms. The summed E-state index contributed by atoms with van der Waals surface area (Å²) in [5.74, 6) is -0.786. The first-order valence-electron chi connectivity index (χ1n) is 7.23. The van der Waals surface area contributed by atoms with Gasteiger partial charge >= 0.3 is 0 Å². The molecular weight excluding hydrogens is 345 g/mol. The van der Waals surface area contributed by atoms with Gasteiger partial charge in [0.05, 0.1) is 15.5 Å². The Hall–Kier alpha value is -3.00. The van der Waals surface area contributed by atoms with E-state index in [0.29, 0.717) is 26.9 Å². The number of benzene rings is 2. The summed E-state index contributed by atoms with van der Waals surface area (Å²) in [5.41, 5.74) is 1.42. The summed E-state index contributed by atoms with van der Waals surface area (Å²) in [6.45, 7) is 1.70. The highest BCUT2D eigenvalue weighted by molar-refractivity contribution is 8.18. The Morgan fingerprint density at radius 3 is 2.72 bits per heavy atom. The second-order valence-electron chi connectivity index (χ2n) is 5.23. The largest absolute Gasteiger partial charge is 0.300 e. The fourth-order valence-corrected chi connectivity index (χ4v) is 3.03. The zero-order valence-corrected chi connectivity index (χ0v) is 13.8. The number of rotatable bonds is 3. The van der Waals surface area contributed by atoms with Crippen LogP contribution in [0.5, 0.6) is 0 Å². The van der Waals surface area contributed by atoms with Gasteiger partial charge in [0.2, 0.25) is 0 Å². The lowest BCUT2D eigenvalue weighted by Gasteiger charge is -2.01. The van der Waals surface area contributed by atoms with Crippen LogP contribution < -0.4 is 5.32 Å². The standard InChI is InChI=1S/C17H12FN3O3S/c1-10-8-12(21(23)24)6-7-14(10)19-17-20-16(22)15(25-17)9-11-4-2-3-5-13(11)18/h2-9H,1H3,(H,19,20,22)/b15-9-. The SMILES string of the molecule is Cc1cc([N+](=O)[O-])ccc1N=C1NC(=O)/C(=C/c2ccccc2F)S1. The van der Waals surface area contributed by atoms with Crippen LogP contribution in [0.1, 0.15) is 11.1 Å². The minimum absolute atomic E-state index is 0.0234. The second kappa shape index (κ2) is 6.86. The molecule has 6 nitrogen and oxygen atoms in total. The Balaban J connectivity index is 1.86. The molecule has 0 aromatic heterocycles. The van der Waals surface area contributed by atoms with Gasteiger partial charge in [0.1, 0.15) is 5.82 Å². The molecule has 1 N–H and O–H groups in total. The van der Waals surface area contributed by atoms with Crippen LogP contribution in [-0.2, 0) is 4.79 Å². The normalized spacial score (nSPS) is 17.1. The van der Waals surface area contributed by atoms with Gasteiger partial charge in [-0.3, -0.25) is 14.9 Å². The number of nitro benzene ring substituents is 1. The molecule has 1 aliphatic rings. The van der Waals surface area contributed by atoms with E-state index in [1.165, 1.54) is 30.3 Å². The molecule has 3 rings (SSSR count). The fourth-order valence-electron chi connectivity index (χ4n) is 2.20. The molecule has 1 saturated heterocycles. The minimum Gasteiger partial charge on any atom is -0.300 e. The number of thioether (sulfide) groups is 1. The van der Waals surface area contributed by atoms with E-state index in [4.69, 9.17) is 0 Å². The fraction of sp³-hybridized carbons (Fsp3) is 0.0588. The molecule has 2 aromatic carbocycles. The van der Waals surface area contributed by atoms with Gasteiger partial charge in [-0.15, -0.1) is 0 Å². The van der Waals surface area contributed by atoms with Crippen molar-refractivity contribution in [3.63, 3.8) is 0 Å². The number of hydrogen-bond acceptors (Lipinski definition) is 5. The molecule has 1 aliphatic heterocycles. The number of amidine groups is 1. The third-order valence-electron chi connectivity index (χ3n) is 3.46. The predicted molar refractivity (Wildman–Crippen MR) is 95.0 cm³/mol. The van der Waals surface area contributed by atoms with Crippen LogP contribution in [0.4, 0.5) is 15.8 Å². The number of aryl methyl sites for hydroxylation is 1. The van der Waals surface area contributed by atoms with Crippen molar-refractivity contribution >= 4 is 40.3 Å². The van der Waals surface area contributed by atoms with E-state index in [-0.39, 0.29) is 11.6 Å². The van der Waals surface area contributed by atoms with E-state index in [0.717, 1.165) is 11.8 Å². The maximum atomic E-state index is 13.7. The average Bonchev–Trinajstić information content (AvgIpc) is 2.91. The molecule has 1 heterocycles. The number of nitrogens with zero attached hydrogens (tertiary/aromatic N) is 2. The minimum atomic E-state index is -0.481. The van der Waals surface area contributed by atoms with Gasteiger partial charge in [0.25, 0.3) is 11.6 Å². The molecule has 1 fully saturated rings. The van der Waals surface area contributed by atoms with Crippen molar-refractivity contribution in [3.05, 3.63) is 74.4 Å². The Labute approximate surface area is 146 Å². The lowest BCUT2D eigenvalue weighted by atomic mass is 10.2. The maximum Gasteiger partial charge on any atom is 0.269 e. The zero-order valence-electron chi connectivity index (χ0n) is 13.0. The van der Waals surface area contributed by atoms with Crippen LogP contribution >= 0.6 is 11.8 Å². The molecule has 126 valence electrons. The number of amides is 1. The molecule has 25 heavy (non-hydrogen) atoms. The molecule has 0 atom stereocenters. The van der Waals surface area contributed by atoms with Crippen molar-refractivity contribution in [2.24, 2.45) is 4.99 Å². The van der Waals surface area contributed by atoms with E-state index in [9.17, 15) is 19.3 Å². The summed E-state index contributed by atoms with van der Waals surface area (Å²) in [6, 6.07) is 10.4. The number of nitro groups is 1. The molecule has 0 spiro atoms. The monoisotopic (exact) mass is 357 g/mol. The lowest BCUT2D eigenvalue weighted by molar-refractivity contribution is -0.384. The number of aliphatic imine (C=N–C) groups is 1. The van der Waals surface area contributed by atoms with Gasteiger partial charge in [0, 0.05) is 17.7 Å². The molecule has 0 aliphatic carbocycles. The Bertz CT molecular complexity index is 940. The Morgan fingerprint density at radius 2 is 2.04 bits per heavy atom. The Kier molecular flexibility index (Phi) is 4.62. The van der Waals surface area contributed by atoms with Crippen LogP contribution in [0.25, 0.3) is 6.08 Å². The van der Waals surface area contributed by atoms with E-state index in [2.05, 4.69) is 10.3 Å². The number of hydrogen-bond donors (Lipinski definition) is 1. The van der Waals surface area contributed by atoms with Crippen molar-refractivity contribution in [2.45, 2.75) is 6.92 Å². The maximum absolute atomic E-state index is 13.7. The molecule has 2 aromatic rings. The predicted octanol–water partition coefficient (Wildman–Crippen LogP) is 3.93. The van der Waals surface area contributed by atoms with E-state index < -0.39 is 10.7 Å². The summed E-state index contributed by atoms with van der Waals surface area (Å²) >= 11 is 1.09. The molecule has 0 saturated carbocycles. The average molecular weight is 357 g/mol. The van der Waals surface area contributed by atoms with Crippen molar-refractivity contribution < 1.29 is 14.1 Å². The van der Waals surface area contributed by atoms with E-state index in [1.807, 2.05) is 0 Å². The van der Waals surface area contributed by atoms with Crippen LogP contribution in [0.15, 0.2) is 52.4 Å². The third-order valence-corrected chi connectivity index (χ3v) is 4.37. The molecule has 1 amide bonds. The van der Waals surface area contributed by atoms with Crippen LogP contribution in [-0.4, -0.2) is 16.0 Å². The van der Waals surface area contributed by atoms with Crippen LogP contribution in [0.2, 0.25) is 0 Å². The Morgan fingerprint density at radius 1 is 1.28 bits per heavy atom. The van der Waals surface area contributed by atoms with Gasteiger partial charge in [0.15, 0.2) is 5.17 Å². The number of carbonyl (C=O) groups excluding carboxylic acids is 1. The van der Waals surface area contributed by atoms with Crippen LogP contribution in [0, 0.1) is 22.9 Å². The van der Waals surface area contributed by atoms with Gasteiger partial charge in [-0.2, -0.15) is 0 Å². The van der Waals surface area contributed by atoms with Crippen molar-refractivity contribution in [1.82, 2.24) is 5.32 Å². The van der Waals surface area contributed by atoms with E-state index >= 15 is 0 Å². The highest BCUT2D eigenvalue weighted by Crippen LogP contribution is 2.30. The van der Waals surface area contributed by atoms with Crippen molar-refractivity contribution in [1.29, 1.82) is 0 Å². The number of carbonyl (C=O) groups is 1. The lowest BCUT2D eigenvalue weighted by Crippen LogP contribution is -2.19. The highest BCUT2D eigenvalue weighted by Gasteiger charge is 2.24. The van der Waals surface area contributed by atoms with Gasteiger partial charge in [-0.1, -0.05) is 18.2 Å². The van der Waals surface area contributed by atoms with E-state index in [1.54, 1.807) is 25.1 Å². The summed E-state index contributed by atoms with van der Waals surface area (Å²) < 4.78 is 13.7.